The first-order valence-electron chi connectivity index (χ1n) is 10.5. The quantitative estimate of drug-likeness (QED) is 0.624. The van der Waals surface area contributed by atoms with Gasteiger partial charge in [-0.25, -0.2) is 0 Å². The molecule has 0 bridgehead atoms. The van der Waals surface area contributed by atoms with Gasteiger partial charge in [-0.3, -0.25) is 9.69 Å². The van der Waals surface area contributed by atoms with E-state index in [-0.39, 0.29) is 18.1 Å². The number of amides is 1. The van der Waals surface area contributed by atoms with Crippen LogP contribution < -0.4 is 10.6 Å². The number of benzene rings is 2. The average molecular weight is 435 g/mol. The Morgan fingerprint density at radius 1 is 1.10 bits per heavy atom. The zero-order chi connectivity index (χ0) is 22.3. The molecule has 2 aromatic rings. The van der Waals surface area contributed by atoms with Crippen molar-refractivity contribution in [2.45, 2.75) is 18.6 Å². The third kappa shape index (κ3) is 6.97. The Morgan fingerprint density at radius 3 is 2.61 bits per heavy atom. The molecule has 0 aliphatic carbocycles. The minimum atomic E-state index is -4.40. The van der Waals surface area contributed by atoms with Crippen molar-refractivity contribution in [1.29, 1.82) is 0 Å². The van der Waals surface area contributed by atoms with Crippen LogP contribution in [0.5, 0.6) is 0 Å². The number of rotatable bonds is 8. The number of piperazine rings is 1. The maximum atomic E-state index is 12.8. The lowest BCUT2D eigenvalue weighted by Gasteiger charge is -2.40. The molecule has 1 atom stereocenters. The van der Waals surface area contributed by atoms with E-state index in [1.54, 1.807) is 0 Å². The lowest BCUT2D eigenvalue weighted by molar-refractivity contribution is -0.137. The van der Waals surface area contributed by atoms with Crippen LogP contribution in [0, 0.1) is 0 Å². The molecule has 1 unspecified atom stereocenters. The predicted molar refractivity (Wildman–Crippen MR) is 116 cm³/mol. The van der Waals surface area contributed by atoms with E-state index in [2.05, 4.69) is 51.7 Å². The van der Waals surface area contributed by atoms with E-state index < -0.39 is 11.7 Å². The highest BCUT2D eigenvalue weighted by Gasteiger charge is 2.30. The van der Waals surface area contributed by atoms with Crippen molar-refractivity contribution < 1.29 is 18.0 Å². The first-order valence-corrected chi connectivity index (χ1v) is 10.5. The summed E-state index contributed by atoms with van der Waals surface area (Å²) in [4.78, 5) is 16.8. The molecule has 5 nitrogen and oxygen atoms in total. The molecule has 0 aromatic heterocycles. The van der Waals surface area contributed by atoms with Crippen LogP contribution in [0.4, 0.5) is 18.9 Å². The van der Waals surface area contributed by atoms with Crippen LogP contribution in [0.3, 0.4) is 0 Å². The number of nitrogens with one attached hydrogen (secondary N) is 2. The van der Waals surface area contributed by atoms with Gasteiger partial charge in [0, 0.05) is 44.5 Å². The number of anilines is 1. The lowest BCUT2D eigenvalue weighted by atomic mass is 10.0. The Hall–Kier alpha value is -2.58. The van der Waals surface area contributed by atoms with Gasteiger partial charge in [0.15, 0.2) is 0 Å². The normalized spacial score (nSPS) is 18.0. The van der Waals surface area contributed by atoms with Gasteiger partial charge in [0.1, 0.15) is 0 Å². The molecule has 0 radical (unpaired) electrons. The van der Waals surface area contributed by atoms with E-state index >= 15 is 0 Å². The van der Waals surface area contributed by atoms with Crippen LogP contribution in [-0.2, 0) is 11.0 Å². The van der Waals surface area contributed by atoms with Crippen molar-refractivity contribution in [2.24, 2.45) is 0 Å². The third-order valence-corrected chi connectivity index (χ3v) is 5.47. The molecule has 1 amide bonds. The van der Waals surface area contributed by atoms with E-state index in [9.17, 15) is 18.0 Å². The van der Waals surface area contributed by atoms with Crippen molar-refractivity contribution in [3.8, 4) is 0 Å². The van der Waals surface area contributed by atoms with Crippen LogP contribution in [0.2, 0.25) is 0 Å². The second kappa shape index (κ2) is 10.6. The maximum absolute atomic E-state index is 12.8. The average Bonchev–Trinajstić information content (AvgIpc) is 2.76. The second-order valence-electron chi connectivity index (χ2n) is 7.86. The number of nitrogens with zero attached hydrogens (tertiary/aromatic N) is 2. The zero-order valence-corrected chi connectivity index (χ0v) is 17.7. The number of halogens is 3. The maximum Gasteiger partial charge on any atom is 0.416 e. The van der Waals surface area contributed by atoms with Crippen molar-refractivity contribution in [1.82, 2.24) is 15.1 Å². The molecule has 0 saturated carbocycles. The summed E-state index contributed by atoms with van der Waals surface area (Å²) in [6.07, 6.45) is -3.59. The second-order valence-corrected chi connectivity index (χ2v) is 7.86. The third-order valence-electron chi connectivity index (χ3n) is 5.47. The summed E-state index contributed by atoms with van der Waals surface area (Å²) in [5.74, 6) is -0.240. The van der Waals surface area contributed by atoms with Gasteiger partial charge in [0.25, 0.3) is 0 Å². The van der Waals surface area contributed by atoms with Gasteiger partial charge in [0.2, 0.25) is 5.91 Å². The highest BCUT2D eigenvalue weighted by Crippen LogP contribution is 2.30. The van der Waals surface area contributed by atoms with E-state index in [0.717, 1.165) is 44.7 Å². The molecule has 2 N–H and O–H groups in total. The smallest absolute Gasteiger partial charge is 0.376 e. The summed E-state index contributed by atoms with van der Waals surface area (Å²) < 4.78 is 38.3. The molecule has 1 aliphatic heterocycles. The number of likely N-dealkylation sites (N-methyl/N-ethyl adjacent to an activating group) is 1. The van der Waals surface area contributed by atoms with Gasteiger partial charge < -0.3 is 15.5 Å². The molecule has 1 aliphatic rings. The summed E-state index contributed by atoms with van der Waals surface area (Å²) in [5, 5.41) is 5.59. The van der Waals surface area contributed by atoms with Crippen molar-refractivity contribution >= 4 is 11.6 Å². The van der Waals surface area contributed by atoms with Crippen molar-refractivity contribution in [3.63, 3.8) is 0 Å². The van der Waals surface area contributed by atoms with Crippen LogP contribution in [-0.4, -0.2) is 62.0 Å². The molecule has 1 fully saturated rings. The Bertz CT molecular complexity index is 844. The van der Waals surface area contributed by atoms with Crippen LogP contribution >= 0.6 is 0 Å². The zero-order valence-electron chi connectivity index (χ0n) is 17.7. The molecule has 1 heterocycles. The Kier molecular flexibility index (Phi) is 7.92. The van der Waals surface area contributed by atoms with Gasteiger partial charge in [-0.05, 0) is 37.2 Å². The van der Waals surface area contributed by atoms with E-state index in [4.69, 9.17) is 0 Å². The molecular formula is C23H29F3N4O. The Morgan fingerprint density at radius 2 is 1.87 bits per heavy atom. The fourth-order valence-electron chi connectivity index (χ4n) is 3.78. The summed E-state index contributed by atoms with van der Waals surface area (Å²) >= 11 is 0. The number of carbonyl (C=O) groups excluding carboxylic acids is 1. The molecular weight excluding hydrogens is 405 g/mol. The highest BCUT2D eigenvalue weighted by atomic mass is 19.4. The first kappa shape index (κ1) is 23.1. The summed E-state index contributed by atoms with van der Waals surface area (Å²) in [6, 6.07) is 15.6. The lowest BCUT2D eigenvalue weighted by Crippen LogP contribution is -2.47. The van der Waals surface area contributed by atoms with Gasteiger partial charge in [-0.15, -0.1) is 0 Å². The number of carbonyl (C=O) groups is 1. The Balaban J connectivity index is 1.41. The number of alkyl halides is 3. The summed E-state index contributed by atoms with van der Waals surface area (Å²) in [6.45, 7) is 4.28. The van der Waals surface area contributed by atoms with Gasteiger partial charge in [0.05, 0.1) is 12.1 Å². The van der Waals surface area contributed by atoms with Crippen molar-refractivity contribution in [3.05, 3.63) is 65.7 Å². The van der Waals surface area contributed by atoms with Crippen LogP contribution in [0.1, 0.15) is 23.6 Å². The van der Waals surface area contributed by atoms with Crippen LogP contribution in [0.15, 0.2) is 54.6 Å². The standard InChI is InChI=1S/C23H29F3N4O/c1-29-13-14-30(21(17-29)18-7-3-2-4-8-18)12-6-11-27-22(31)16-28-20-10-5-9-19(15-20)23(24,25)26/h2-5,7-10,15,21,28H,6,11-14,16-17H2,1H3,(H,27,31). The summed E-state index contributed by atoms with van der Waals surface area (Å²) in [5.41, 5.74) is 0.828. The topological polar surface area (TPSA) is 47.6 Å². The molecule has 0 spiro atoms. The minimum absolute atomic E-state index is 0.0670. The first-order chi connectivity index (χ1) is 14.8. The van der Waals surface area contributed by atoms with Crippen LogP contribution in [0.25, 0.3) is 0 Å². The number of hydrogen-bond donors (Lipinski definition) is 2. The minimum Gasteiger partial charge on any atom is -0.376 e. The molecule has 31 heavy (non-hydrogen) atoms. The van der Waals surface area contributed by atoms with Gasteiger partial charge in [-0.2, -0.15) is 13.2 Å². The largest absolute Gasteiger partial charge is 0.416 e. The SMILES string of the molecule is CN1CCN(CCCNC(=O)CNc2cccc(C(F)(F)F)c2)C(c2ccccc2)C1. The molecule has 8 heteroatoms. The monoisotopic (exact) mass is 434 g/mol. The molecule has 2 aromatic carbocycles. The number of hydrogen-bond acceptors (Lipinski definition) is 4. The molecule has 168 valence electrons. The van der Waals surface area contributed by atoms with Gasteiger partial charge >= 0.3 is 6.18 Å². The van der Waals surface area contributed by atoms with E-state index in [1.165, 1.54) is 17.7 Å². The van der Waals surface area contributed by atoms with E-state index in [1.807, 2.05) is 6.07 Å². The summed E-state index contributed by atoms with van der Waals surface area (Å²) in [7, 11) is 2.13. The molecule has 3 rings (SSSR count). The van der Waals surface area contributed by atoms with Gasteiger partial charge in [-0.1, -0.05) is 36.4 Å². The van der Waals surface area contributed by atoms with Crippen molar-refractivity contribution in [2.75, 3.05) is 51.6 Å². The molecule has 1 saturated heterocycles. The Labute approximate surface area is 181 Å². The fourth-order valence-corrected chi connectivity index (χ4v) is 3.78. The highest BCUT2D eigenvalue weighted by molar-refractivity contribution is 5.80. The fraction of sp³-hybridized carbons (Fsp3) is 0.435. The van der Waals surface area contributed by atoms with E-state index in [0.29, 0.717) is 12.6 Å². The predicted octanol–water partition coefficient (Wildman–Crippen LogP) is 3.61.